The molecule has 7 nitrogen and oxygen atoms in total. The fourth-order valence-corrected chi connectivity index (χ4v) is 2.47. The maximum atomic E-state index is 13.2. The molecule has 0 aliphatic heterocycles. The van der Waals surface area contributed by atoms with E-state index in [9.17, 15) is 62.2 Å². The van der Waals surface area contributed by atoms with Crippen LogP contribution in [0.25, 0.3) is 0 Å². The zero-order chi connectivity index (χ0) is 26.0. The topological polar surface area (TPSA) is 110 Å². The molecule has 0 spiro atoms. The molecule has 0 amide bonds. The number of hydrogen-bond donors (Lipinski definition) is 2. The maximum absolute atomic E-state index is 13.2. The average molecular weight is 518 g/mol. The van der Waals surface area contributed by atoms with Crippen molar-refractivity contribution < 1.29 is 76.2 Å². The van der Waals surface area contributed by atoms with Crippen LogP contribution in [0.5, 0.6) is 0 Å². The lowest BCUT2D eigenvalue weighted by Crippen LogP contribution is -2.65. The van der Waals surface area contributed by atoms with Gasteiger partial charge in [0.1, 0.15) is 6.10 Å². The molecule has 0 radical (unpaired) electrons. The Labute approximate surface area is 173 Å². The summed E-state index contributed by atoms with van der Waals surface area (Å²) in [5, 5.41) is 3.30. The van der Waals surface area contributed by atoms with Gasteiger partial charge in [-0.15, -0.1) is 0 Å². The third kappa shape index (κ3) is 6.22. The highest BCUT2D eigenvalue weighted by Crippen LogP contribution is 2.47. The van der Waals surface area contributed by atoms with E-state index in [0.29, 0.717) is 6.92 Å². The Balaban J connectivity index is 5.14. The number of carbonyl (C=O) groups is 1. The predicted molar refractivity (Wildman–Crippen MR) is 83.2 cm³/mol. The minimum Gasteiger partial charge on any atom is -0.455 e. The van der Waals surface area contributed by atoms with Gasteiger partial charge >= 0.3 is 39.6 Å². The van der Waals surface area contributed by atoms with Gasteiger partial charge in [-0.2, -0.15) is 52.3 Å². The van der Waals surface area contributed by atoms with Gasteiger partial charge in [-0.25, -0.2) is 4.79 Å². The lowest BCUT2D eigenvalue weighted by molar-refractivity contribution is -0.391. The molecule has 0 aliphatic carbocycles. The van der Waals surface area contributed by atoms with Gasteiger partial charge in [-0.1, -0.05) is 13.5 Å². The van der Waals surface area contributed by atoms with Gasteiger partial charge in [0.05, 0.1) is 18.8 Å². The van der Waals surface area contributed by atoms with Crippen LogP contribution in [0.1, 0.15) is 19.8 Å². The molecule has 0 aromatic carbocycles. The summed E-state index contributed by atoms with van der Waals surface area (Å²) in [6.45, 7) is 0.918. The highest BCUT2D eigenvalue weighted by molar-refractivity contribution is 7.87. The van der Waals surface area contributed by atoms with Crippen LogP contribution in [0.3, 0.4) is 0 Å². The van der Waals surface area contributed by atoms with Gasteiger partial charge in [0, 0.05) is 6.42 Å². The number of rotatable bonds is 11. The summed E-state index contributed by atoms with van der Waals surface area (Å²) in [5.41, 5.74) is -6.52. The van der Waals surface area contributed by atoms with Crippen molar-refractivity contribution in [3.05, 3.63) is 12.2 Å². The van der Waals surface area contributed by atoms with Crippen molar-refractivity contribution in [1.82, 2.24) is 0 Å². The summed E-state index contributed by atoms with van der Waals surface area (Å²) in [6.07, 6.45) is -19.1. The molecular formula is C14H16F10O7S. The number of halogens is 10. The van der Waals surface area contributed by atoms with Crippen molar-refractivity contribution in [3.8, 4) is 0 Å². The van der Waals surface area contributed by atoms with E-state index in [0.717, 1.165) is 0 Å². The van der Waals surface area contributed by atoms with Crippen LogP contribution in [-0.2, 0) is 24.4 Å². The molecule has 190 valence electrons. The maximum Gasteiger partial charge on any atom is 0.431 e. The molecule has 18 heteroatoms. The van der Waals surface area contributed by atoms with Crippen molar-refractivity contribution in [2.75, 3.05) is 13.2 Å². The molecule has 32 heavy (non-hydrogen) atoms. The van der Waals surface area contributed by atoms with Gasteiger partial charge in [-0.3, -0.25) is 4.55 Å². The zero-order valence-corrected chi connectivity index (χ0v) is 16.6. The highest BCUT2D eigenvalue weighted by atomic mass is 32.2. The summed E-state index contributed by atoms with van der Waals surface area (Å²) in [6, 6.07) is 0. The van der Waals surface area contributed by atoms with Crippen molar-refractivity contribution in [1.29, 1.82) is 0 Å². The van der Waals surface area contributed by atoms with Crippen LogP contribution in [0.4, 0.5) is 43.9 Å². The predicted octanol–water partition coefficient (Wildman–Crippen LogP) is 3.24. The van der Waals surface area contributed by atoms with Crippen LogP contribution in [0.2, 0.25) is 0 Å². The Morgan fingerprint density at radius 2 is 1.44 bits per heavy atom. The van der Waals surface area contributed by atoms with E-state index < -0.39 is 83.0 Å². The normalized spacial score (nSPS) is 15.4. The van der Waals surface area contributed by atoms with Crippen molar-refractivity contribution >= 4 is 16.1 Å². The van der Waals surface area contributed by atoms with Gasteiger partial charge in [0.25, 0.3) is 5.60 Å². The van der Waals surface area contributed by atoms with Crippen LogP contribution >= 0.6 is 0 Å². The minimum absolute atomic E-state index is 0.705. The Kier molecular flexibility index (Phi) is 9.18. The molecule has 0 saturated heterocycles. The fraction of sp³-hybridized carbons (Fsp3) is 0.786. The monoisotopic (exact) mass is 518 g/mol. The summed E-state index contributed by atoms with van der Waals surface area (Å²) < 4.78 is 166. The van der Waals surface area contributed by atoms with Gasteiger partial charge < -0.3 is 14.6 Å². The molecule has 0 rings (SSSR count). The van der Waals surface area contributed by atoms with Gasteiger partial charge in [-0.05, 0) is 6.42 Å². The Morgan fingerprint density at radius 3 is 1.78 bits per heavy atom. The number of alkyl halides is 10. The Bertz CT molecular complexity index is 775. The molecule has 0 aromatic rings. The van der Waals surface area contributed by atoms with E-state index in [1.165, 1.54) is 0 Å². The van der Waals surface area contributed by atoms with E-state index in [4.69, 9.17) is 4.55 Å². The highest BCUT2D eigenvalue weighted by Gasteiger charge is 2.75. The number of esters is 1. The second-order valence-corrected chi connectivity index (χ2v) is 7.63. The molecule has 1 atom stereocenters. The first kappa shape index (κ1) is 30.3. The van der Waals surface area contributed by atoms with Crippen molar-refractivity contribution in [2.24, 2.45) is 0 Å². The molecule has 0 saturated carbocycles. The van der Waals surface area contributed by atoms with Crippen LogP contribution in [0.15, 0.2) is 12.2 Å². The average Bonchev–Trinajstić information content (AvgIpc) is 2.59. The minimum atomic E-state index is -6.52. The number of ether oxygens (including phenoxy) is 2. The summed E-state index contributed by atoms with van der Waals surface area (Å²) in [5.74, 6) is -7.33. The molecule has 0 aliphatic rings. The standard InChI is InChI=1S/C14H16F10O7S/c1-3-8(11(26,12(17,18)19)13(20,21)22)31-9(25)7(2)6-30-5-4-10(15,16)14(23,24)32(27,28)29/h8,26H,2-6H2,1H3,(H,27,28,29). The van der Waals surface area contributed by atoms with Crippen LogP contribution in [-0.4, -0.2) is 72.5 Å². The lowest BCUT2D eigenvalue weighted by Gasteiger charge is -2.37. The van der Waals surface area contributed by atoms with E-state index in [1.807, 2.05) is 0 Å². The smallest absolute Gasteiger partial charge is 0.431 e. The molecule has 0 heterocycles. The van der Waals surface area contributed by atoms with Crippen LogP contribution in [0, 0.1) is 0 Å². The Morgan fingerprint density at radius 1 is 1.00 bits per heavy atom. The van der Waals surface area contributed by atoms with Gasteiger partial charge in [0.2, 0.25) is 0 Å². The first-order chi connectivity index (χ1) is 14.0. The molecule has 0 fully saturated rings. The van der Waals surface area contributed by atoms with E-state index >= 15 is 0 Å². The third-order valence-electron chi connectivity index (χ3n) is 3.83. The van der Waals surface area contributed by atoms with Crippen molar-refractivity contribution in [3.63, 3.8) is 0 Å². The van der Waals surface area contributed by atoms with Crippen molar-refractivity contribution in [2.45, 2.75) is 55.0 Å². The largest absolute Gasteiger partial charge is 0.455 e. The summed E-state index contributed by atoms with van der Waals surface area (Å²) in [7, 11) is -6.52. The molecule has 0 aromatic heterocycles. The number of carbonyl (C=O) groups excluding carboxylic acids is 1. The summed E-state index contributed by atoms with van der Waals surface area (Å²) in [4.78, 5) is 11.7. The first-order valence-corrected chi connectivity index (χ1v) is 9.46. The van der Waals surface area contributed by atoms with E-state index in [2.05, 4.69) is 16.1 Å². The van der Waals surface area contributed by atoms with E-state index in [1.54, 1.807) is 0 Å². The summed E-state index contributed by atoms with van der Waals surface area (Å²) >= 11 is 0. The molecule has 1 unspecified atom stereocenters. The SMILES string of the molecule is C=C(COCCC(F)(F)C(F)(F)S(=O)(=O)O)C(=O)OC(CC)C(O)(C(F)(F)F)C(F)(F)F. The second kappa shape index (κ2) is 9.68. The quantitative estimate of drug-likeness (QED) is 0.142. The molecular weight excluding hydrogens is 502 g/mol. The van der Waals surface area contributed by atoms with Gasteiger partial charge in [0.15, 0.2) is 0 Å². The van der Waals surface area contributed by atoms with E-state index in [-0.39, 0.29) is 0 Å². The fourth-order valence-electron chi connectivity index (χ4n) is 1.99. The Hall–Kier alpha value is -1.66. The third-order valence-corrected chi connectivity index (χ3v) is 4.77. The van der Waals surface area contributed by atoms with Crippen LogP contribution < -0.4 is 0 Å². The second-order valence-electron chi connectivity index (χ2n) is 6.17. The molecule has 0 bridgehead atoms. The number of hydrogen-bond acceptors (Lipinski definition) is 6. The number of aliphatic hydroxyl groups is 1. The first-order valence-electron chi connectivity index (χ1n) is 8.02. The lowest BCUT2D eigenvalue weighted by atomic mass is 9.93. The molecule has 2 N–H and O–H groups in total. The zero-order valence-electron chi connectivity index (χ0n) is 15.7.